The summed E-state index contributed by atoms with van der Waals surface area (Å²) in [6, 6.07) is 3.74. The molecule has 0 radical (unpaired) electrons. The van der Waals surface area contributed by atoms with Crippen LogP contribution in [-0.2, 0) is 17.1 Å². The van der Waals surface area contributed by atoms with E-state index in [2.05, 4.69) is 5.10 Å². The van der Waals surface area contributed by atoms with Crippen LogP contribution >= 0.6 is 0 Å². The fourth-order valence-corrected chi connectivity index (χ4v) is 6.03. The van der Waals surface area contributed by atoms with Gasteiger partial charge in [-0.05, 0) is 36.8 Å². The average molecular weight is 545 g/mol. The predicted molar refractivity (Wildman–Crippen MR) is 135 cm³/mol. The van der Waals surface area contributed by atoms with Crippen molar-refractivity contribution in [2.24, 2.45) is 0 Å². The molecule has 1 aromatic carbocycles. The summed E-state index contributed by atoms with van der Waals surface area (Å²) in [5.41, 5.74) is -0.0302. The van der Waals surface area contributed by atoms with Gasteiger partial charge in [0.1, 0.15) is 11.7 Å². The van der Waals surface area contributed by atoms with Gasteiger partial charge >= 0.3 is 0 Å². The van der Waals surface area contributed by atoms with Gasteiger partial charge in [0.2, 0.25) is 5.78 Å². The summed E-state index contributed by atoms with van der Waals surface area (Å²) in [4.78, 5) is 27.1. The second-order valence-electron chi connectivity index (χ2n) is 10.9. The quantitative estimate of drug-likeness (QED) is 0.237. The number of alkyl halides is 4. The average Bonchev–Trinajstić information content (AvgIpc) is 3.49. The van der Waals surface area contributed by atoms with Gasteiger partial charge in [-0.1, -0.05) is 25.1 Å². The number of nitrogens with one attached hydrogen (secondary N) is 1. The van der Waals surface area contributed by atoms with Gasteiger partial charge in [-0.2, -0.15) is 5.10 Å². The summed E-state index contributed by atoms with van der Waals surface area (Å²) in [6.45, 7) is 2.14. The minimum absolute atomic E-state index is 0.0517. The molecule has 2 fully saturated rings. The molecule has 0 amide bonds. The first kappa shape index (κ1) is 25.9. The van der Waals surface area contributed by atoms with E-state index >= 15 is 0 Å². The highest BCUT2D eigenvalue weighted by Crippen LogP contribution is 2.46. The van der Waals surface area contributed by atoms with Crippen molar-refractivity contribution in [1.82, 2.24) is 14.3 Å². The number of hydrogen-bond donors (Lipinski definition) is 1. The number of nitrogens with zero attached hydrogens (tertiary/aromatic N) is 3. The molecule has 6 rings (SSSR count). The highest BCUT2D eigenvalue weighted by atomic mass is 19.3. The highest BCUT2D eigenvalue weighted by Gasteiger charge is 2.47. The fourth-order valence-electron chi connectivity index (χ4n) is 6.03. The van der Waals surface area contributed by atoms with E-state index in [9.17, 15) is 27.2 Å². The van der Waals surface area contributed by atoms with Crippen molar-refractivity contribution in [3.05, 3.63) is 63.2 Å². The Morgan fingerprint density at radius 3 is 2.64 bits per heavy atom. The van der Waals surface area contributed by atoms with Gasteiger partial charge < -0.3 is 14.7 Å². The molecular weight excluding hydrogens is 516 g/mol. The van der Waals surface area contributed by atoms with E-state index < -0.39 is 54.2 Å². The Hall–Kier alpha value is -3.34. The predicted octanol–water partition coefficient (Wildman–Crippen LogP) is 5.91. The standard InChI is InChI=1S/C28H28F4N4O3/c1-15(17-5-4-6-21-18(17)8-9-28(21,31)32)23(33)25(37)19-13-35(16-11-27(29,30)12-16)26(38)20-14-36(34-24(19)20)22-7-2-3-10-39-22/h4-6,13-16,22,33H,2-3,7-12H2,1H3/t15-,22?/m1/s1. The molecule has 1 saturated heterocycles. The minimum Gasteiger partial charge on any atom is -0.357 e. The van der Waals surface area contributed by atoms with Crippen molar-refractivity contribution < 1.29 is 27.1 Å². The molecule has 0 spiro atoms. The lowest BCUT2D eigenvalue weighted by molar-refractivity contribution is -0.104. The number of aromatic nitrogens is 3. The molecule has 2 atom stereocenters. The largest absolute Gasteiger partial charge is 0.357 e. The molecule has 206 valence electrons. The van der Waals surface area contributed by atoms with Crippen LogP contribution in [0.3, 0.4) is 0 Å². The van der Waals surface area contributed by atoms with E-state index in [-0.39, 0.29) is 40.6 Å². The summed E-state index contributed by atoms with van der Waals surface area (Å²) >= 11 is 0. The Morgan fingerprint density at radius 1 is 1.18 bits per heavy atom. The Bertz CT molecular complexity index is 1550. The number of halogens is 4. The van der Waals surface area contributed by atoms with Gasteiger partial charge in [0.15, 0.2) is 0 Å². The third-order valence-electron chi connectivity index (χ3n) is 8.32. The molecular formula is C28H28F4N4O3. The van der Waals surface area contributed by atoms with Gasteiger partial charge in [-0.25, -0.2) is 22.2 Å². The fraction of sp³-hybridized carbons (Fsp3) is 0.500. The molecule has 1 saturated carbocycles. The number of fused-ring (bicyclic) bond motifs is 2. The number of carbonyl (C=O) groups excluding carboxylic acids is 1. The zero-order valence-electron chi connectivity index (χ0n) is 21.4. The van der Waals surface area contributed by atoms with Crippen molar-refractivity contribution >= 4 is 22.4 Å². The molecule has 0 bridgehead atoms. The maximum Gasteiger partial charge on any atom is 0.273 e. The van der Waals surface area contributed by atoms with Crippen molar-refractivity contribution in [3.8, 4) is 0 Å². The van der Waals surface area contributed by atoms with Crippen LogP contribution in [0.2, 0.25) is 0 Å². The molecule has 7 nitrogen and oxygen atoms in total. The Labute approximate surface area is 221 Å². The van der Waals surface area contributed by atoms with E-state index in [1.807, 2.05) is 0 Å². The summed E-state index contributed by atoms with van der Waals surface area (Å²) in [5.74, 6) is -7.39. The van der Waals surface area contributed by atoms with Gasteiger partial charge in [-0.3, -0.25) is 9.59 Å². The third kappa shape index (κ3) is 4.31. The van der Waals surface area contributed by atoms with Crippen molar-refractivity contribution in [1.29, 1.82) is 5.41 Å². The normalized spacial score (nSPS) is 22.8. The molecule has 3 aliphatic rings. The highest BCUT2D eigenvalue weighted by molar-refractivity contribution is 6.48. The summed E-state index contributed by atoms with van der Waals surface area (Å²) < 4.78 is 64.6. The lowest BCUT2D eigenvalue weighted by Gasteiger charge is -2.36. The molecule has 2 aliphatic carbocycles. The smallest absolute Gasteiger partial charge is 0.273 e. The van der Waals surface area contributed by atoms with Crippen LogP contribution in [0.25, 0.3) is 10.9 Å². The Morgan fingerprint density at radius 2 is 1.95 bits per heavy atom. The van der Waals surface area contributed by atoms with Crippen LogP contribution in [0.4, 0.5) is 17.6 Å². The lowest BCUT2D eigenvalue weighted by Crippen LogP contribution is -2.41. The van der Waals surface area contributed by atoms with E-state index in [4.69, 9.17) is 10.1 Å². The van der Waals surface area contributed by atoms with Crippen LogP contribution < -0.4 is 5.56 Å². The van der Waals surface area contributed by atoms with E-state index in [0.29, 0.717) is 24.2 Å². The molecule has 11 heteroatoms. The molecule has 3 aromatic rings. The first-order chi connectivity index (χ1) is 18.5. The summed E-state index contributed by atoms with van der Waals surface area (Å²) in [5, 5.41) is 13.3. The van der Waals surface area contributed by atoms with Crippen LogP contribution in [0.1, 0.15) is 90.7 Å². The number of hydrogen-bond acceptors (Lipinski definition) is 5. The SMILES string of the molecule is C[C@@H](C(=N)C(=O)c1cn(C2CC(F)(F)C2)c(=O)c2cn(C3CCCCO3)nc12)c1cccc2c1CCC2(F)F. The number of rotatable bonds is 6. The van der Waals surface area contributed by atoms with Gasteiger partial charge in [0.05, 0.1) is 16.7 Å². The topological polar surface area (TPSA) is 90.0 Å². The molecule has 1 N–H and O–H groups in total. The summed E-state index contributed by atoms with van der Waals surface area (Å²) in [6.07, 6.45) is 3.51. The van der Waals surface area contributed by atoms with E-state index in [0.717, 1.165) is 17.4 Å². The number of pyridine rings is 1. The first-order valence-corrected chi connectivity index (χ1v) is 13.2. The van der Waals surface area contributed by atoms with Gasteiger partial charge in [0, 0.05) is 55.8 Å². The summed E-state index contributed by atoms with van der Waals surface area (Å²) in [7, 11) is 0. The molecule has 1 unspecified atom stereocenters. The minimum atomic E-state index is -2.96. The van der Waals surface area contributed by atoms with Crippen LogP contribution in [0.5, 0.6) is 0 Å². The number of benzene rings is 1. The second-order valence-corrected chi connectivity index (χ2v) is 10.9. The first-order valence-electron chi connectivity index (χ1n) is 13.2. The van der Waals surface area contributed by atoms with Crippen molar-refractivity contribution in [2.45, 2.75) is 81.9 Å². The van der Waals surface area contributed by atoms with Crippen molar-refractivity contribution in [2.75, 3.05) is 6.61 Å². The Kier molecular flexibility index (Phi) is 6.05. The maximum atomic E-state index is 14.4. The lowest BCUT2D eigenvalue weighted by atomic mass is 9.86. The monoisotopic (exact) mass is 544 g/mol. The van der Waals surface area contributed by atoms with E-state index in [1.54, 1.807) is 13.0 Å². The van der Waals surface area contributed by atoms with Gasteiger partial charge in [0.25, 0.3) is 17.4 Å². The van der Waals surface area contributed by atoms with Crippen LogP contribution in [0, 0.1) is 5.41 Å². The number of ketones is 1. The number of Topliss-reactive ketones (excluding diaryl/α,β-unsaturated/α-hetero) is 1. The van der Waals surface area contributed by atoms with Crippen LogP contribution in [0.15, 0.2) is 35.4 Å². The van der Waals surface area contributed by atoms with Crippen molar-refractivity contribution in [3.63, 3.8) is 0 Å². The molecule has 2 aromatic heterocycles. The van der Waals surface area contributed by atoms with Gasteiger partial charge in [-0.15, -0.1) is 0 Å². The van der Waals surface area contributed by atoms with E-state index in [1.165, 1.54) is 29.2 Å². The number of carbonyl (C=O) groups is 1. The zero-order valence-corrected chi connectivity index (χ0v) is 21.4. The Balaban J connectivity index is 1.41. The zero-order chi connectivity index (χ0) is 27.7. The second kappa shape index (κ2) is 9.11. The number of ether oxygens (including phenoxy) is 1. The molecule has 39 heavy (non-hydrogen) atoms. The third-order valence-corrected chi connectivity index (χ3v) is 8.32. The molecule has 1 aliphatic heterocycles. The maximum absolute atomic E-state index is 14.4. The molecule has 3 heterocycles. The van der Waals surface area contributed by atoms with Crippen LogP contribution in [-0.4, -0.2) is 38.4 Å².